The van der Waals surface area contributed by atoms with Gasteiger partial charge < -0.3 is 10.6 Å². The number of halogens is 1. The third kappa shape index (κ3) is 3.66. The van der Waals surface area contributed by atoms with Crippen LogP contribution in [0.25, 0.3) is 0 Å². The Kier molecular flexibility index (Phi) is 4.91. The van der Waals surface area contributed by atoms with E-state index in [0.717, 1.165) is 24.6 Å². The lowest BCUT2D eigenvalue weighted by molar-refractivity contribution is 0.446. The topological polar surface area (TPSA) is 41.6 Å². The van der Waals surface area contributed by atoms with Gasteiger partial charge in [-0.2, -0.15) is 11.8 Å². The average Bonchev–Trinajstić information content (AvgIpc) is 2.46. The van der Waals surface area contributed by atoms with Gasteiger partial charge in [0.25, 0.3) is 0 Å². The van der Waals surface area contributed by atoms with Crippen molar-refractivity contribution in [3.05, 3.63) is 35.6 Å². The van der Waals surface area contributed by atoms with Crippen molar-refractivity contribution in [2.75, 3.05) is 31.1 Å². The van der Waals surface area contributed by atoms with Crippen LogP contribution in [-0.4, -0.2) is 42.0 Å². The van der Waals surface area contributed by atoms with E-state index in [1.807, 2.05) is 37.7 Å². The molecule has 2 rings (SSSR count). The molecule has 3 nitrogen and oxygen atoms in total. The second kappa shape index (κ2) is 6.48. The van der Waals surface area contributed by atoms with Gasteiger partial charge >= 0.3 is 0 Å². The zero-order valence-electron chi connectivity index (χ0n) is 12.1. The number of nitrogens with two attached hydrogens (primary N) is 1. The lowest BCUT2D eigenvalue weighted by Crippen LogP contribution is -2.43. The number of rotatable bonds is 3. The van der Waals surface area contributed by atoms with Gasteiger partial charge in [-0.25, -0.2) is 4.39 Å². The van der Waals surface area contributed by atoms with Crippen LogP contribution in [0.15, 0.2) is 29.3 Å². The fraction of sp³-hybridized carbons (Fsp3) is 0.533. The van der Waals surface area contributed by atoms with E-state index in [1.54, 1.807) is 6.07 Å². The molecule has 1 heterocycles. The number of nitrogens with zero attached hydrogens (tertiary/aromatic N) is 2. The van der Waals surface area contributed by atoms with Gasteiger partial charge in [0.2, 0.25) is 0 Å². The summed E-state index contributed by atoms with van der Waals surface area (Å²) in [4.78, 5) is 6.59. The summed E-state index contributed by atoms with van der Waals surface area (Å²) in [6.45, 7) is 6.37. The van der Waals surface area contributed by atoms with E-state index in [9.17, 15) is 4.39 Å². The molecule has 2 N–H and O–H groups in total. The number of hydrogen-bond acceptors (Lipinski definition) is 2. The third-order valence-electron chi connectivity index (χ3n) is 3.57. The molecule has 0 atom stereocenters. The first-order chi connectivity index (χ1) is 9.50. The molecule has 0 bridgehead atoms. The highest BCUT2D eigenvalue weighted by Gasteiger charge is 2.24. The van der Waals surface area contributed by atoms with Gasteiger partial charge in [0.05, 0.1) is 6.54 Å². The van der Waals surface area contributed by atoms with E-state index in [2.05, 4.69) is 9.89 Å². The van der Waals surface area contributed by atoms with Gasteiger partial charge in [-0.05, 0) is 11.6 Å². The van der Waals surface area contributed by atoms with Crippen LogP contribution in [0.2, 0.25) is 0 Å². The highest BCUT2D eigenvalue weighted by Crippen LogP contribution is 2.26. The fourth-order valence-corrected chi connectivity index (χ4v) is 3.17. The molecule has 0 radical (unpaired) electrons. The minimum Gasteiger partial charge on any atom is -0.370 e. The summed E-state index contributed by atoms with van der Waals surface area (Å²) in [6, 6.07) is 6.87. The summed E-state index contributed by atoms with van der Waals surface area (Å²) >= 11 is 1.94. The summed E-state index contributed by atoms with van der Waals surface area (Å²) in [7, 11) is 0. The Morgan fingerprint density at radius 1 is 1.35 bits per heavy atom. The predicted octanol–water partition coefficient (Wildman–Crippen LogP) is 2.47. The van der Waals surface area contributed by atoms with Gasteiger partial charge in [0.1, 0.15) is 5.82 Å². The molecule has 0 saturated carbocycles. The Labute approximate surface area is 124 Å². The summed E-state index contributed by atoms with van der Waals surface area (Å²) in [5.41, 5.74) is 6.37. The number of guanidine groups is 1. The van der Waals surface area contributed by atoms with Crippen molar-refractivity contribution in [1.29, 1.82) is 0 Å². The summed E-state index contributed by atoms with van der Waals surface area (Å²) < 4.78 is 13.9. The third-order valence-corrected chi connectivity index (χ3v) is 4.52. The quantitative estimate of drug-likeness (QED) is 0.688. The van der Waals surface area contributed by atoms with E-state index in [1.165, 1.54) is 6.07 Å². The maximum atomic E-state index is 13.9. The highest BCUT2D eigenvalue weighted by atomic mass is 32.2. The van der Waals surface area contributed by atoms with Crippen LogP contribution in [-0.2, 0) is 5.41 Å². The molecular formula is C15H22FN3S. The molecule has 0 amide bonds. The molecular weight excluding hydrogens is 273 g/mol. The lowest BCUT2D eigenvalue weighted by atomic mass is 9.84. The van der Waals surface area contributed by atoms with E-state index in [-0.39, 0.29) is 11.2 Å². The molecule has 1 aromatic carbocycles. The molecule has 110 valence electrons. The van der Waals surface area contributed by atoms with Crippen molar-refractivity contribution < 1.29 is 4.39 Å². The smallest absolute Gasteiger partial charge is 0.191 e. The molecule has 1 aliphatic heterocycles. The van der Waals surface area contributed by atoms with E-state index in [0.29, 0.717) is 18.1 Å². The van der Waals surface area contributed by atoms with Gasteiger partial charge in [0.15, 0.2) is 5.96 Å². The van der Waals surface area contributed by atoms with Crippen molar-refractivity contribution in [3.63, 3.8) is 0 Å². The van der Waals surface area contributed by atoms with Crippen molar-refractivity contribution in [1.82, 2.24) is 4.90 Å². The first-order valence-corrected chi connectivity index (χ1v) is 8.04. The number of hydrogen-bond donors (Lipinski definition) is 1. The molecule has 0 aliphatic carbocycles. The summed E-state index contributed by atoms with van der Waals surface area (Å²) in [6.07, 6.45) is 0. The standard InChI is InChI=1S/C15H22FN3S/c1-15(2,12-5-3-4-6-13(12)16)11-18-14(17)19-7-9-20-10-8-19/h3-6H,7-11H2,1-2H3,(H2,17,18). The van der Waals surface area contributed by atoms with Crippen molar-refractivity contribution in [2.45, 2.75) is 19.3 Å². The Bertz CT molecular complexity index is 482. The Hall–Kier alpha value is -1.23. The zero-order valence-corrected chi connectivity index (χ0v) is 12.9. The van der Waals surface area contributed by atoms with Crippen LogP contribution in [0.1, 0.15) is 19.4 Å². The first-order valence-electron chi connectivity index (χ1n) is 6.88. The van der Waals surface area contributed by atoms with E-state index >= 15 is 0 Å². The Morgan fingerprint density at radius 3 is 2.65 bits per heavy atom. The number of aliphatic imine (C=N–C) groups is 1. The molecule has 0 unspecified atom stereocenters. The Morgan fingerprint density at radius 2 is 2.00 bits per heavy atom. The second-order valence-electron chi connectivity index (χ2n) is 5.64. The highest BCUT2D eigenvalue weighted by molar-refractivity contribution is 7.99. The maximum absolute atomic E-state index is 13.9. The normalized spacial score (nSPS) is 17.4. The zero-order chi connectivity index (χ0) is 14.6. The van der Waals surface area contributed by atoms with Gasteiger partial charge in [0, 0.05) is 30.0 Å². The van der Waals surface area contributed by atoms with Gasteiger partial charge in [-0.1, -0.05) is 32.0 Å². The maximum Gasteiger partial charge on any atom is 0.191 e. The second-order valence-corrected chi connectivity index (χ2v) is 6.86. The van der Waals surface area contributed by atoms with Crippen LogP contribution < -0.4 is 5.73 Å². The fourth-order valence-electron chi connectivity index (χ4n) is 2.27. The molecule has 1 fully saturated rings. The first kappa shape index (κ1) is 15.2. The molecule has 1 aromatic rings. The average molecular weight is 295 g/mol. The van der Waals surface area contributed by atoms with Crippen LogP contribution in [0.4, 0.5) is 4.39 Å². The molecule has 0 aromatic heterocycles. The van der Waals surface area contributed by atoms with Crippen molar-refractivity contribution >= 4 is 17.7 Å². The van der Waals surface area contributed by atoms with Crippen LogP contribution in [0.3, 0.4) is 0 Å². The van der Waals surface area contributed by atoms with Gasteiger partial charge in [-0.15, -0.1) is 0 Å². The predicted molar refractivity (Wildman–Crippen MR) is 84.8 cm³/mol. The monoisotopic (exact) mass is 295 g/mol. The lowest BCUT2D eigenvalue weighted by Gasteiger charge is -2.29. The minimum atomic E-state index is -0.361. The van der Waals surface area contributed by atoms with E-state index in [4.69, 9.17) is 5.73 Å². The molecule has 0 spiro atoms. The molecule has 20 heavy (non-hydrogen) atoms. The molecule has 5 heteroatoms. The Balaban J connectivity index is 2.06. The largest absolute Gasteiger partial charge is 0.370 e. The van der Waals surface area contributed by atoms with Gasteiger partial charge in [-0.3, -0.25) is 4.99 Å². The minimum absolute atomic E-state index is 0.180. The SMILES string of the molecule is CC(C)(CN=C(N)N1CCSCC1)c1ccccc1F. The van der Waals surface area contributed by atoms with Crippen LogP contribution >= 0.6 is 11.8 Å². The number of thioether (sulfide) groups is 1. The van der Waals surface area contributed by atoms with E-state index < -0.39 is 0 Å². The summed E-state index contributed by atoms with van der Waals surface area (Å²) in [5.74, 6) is 2.58. The summed E-state index contributed by atoms with van der Waals surface area (Å²) in [5, 5.41) is 0. The van der Waals surface area contributed by atoms with Crippen LogP contribution in [0.5, 0.6) is 0 Å². The van der Waals surface area contributed by atoms with Crippen molar-refractivity contribution in [2.24, 2.45) is 10.7 Å². The number of benzene rings is 1. The molecule has 1 saturated heterocycles. The van der Waals surface area contributed by atoms with Crippen LogP contribution in [0, 0.1) is 5.82 Å². The molecule has 1 aliphatic rings. The van der Waals surface area contributed by atoms with Crippen molar-refractivity contribution in [3.8, 4) is 0 Å².